The molecule has 1 heterocycles. The van der Waals surface area contributed by atoms with Gasteiger partial charge in [-0.2, -0.15) is 0 Å². The maximum absolute atomic E-state index is 13.7. The number of aryl methyl sites for hydroxylation is 1. The Hall–Kier alpha value is -4.37. The smallest absolute Gasteiger partial charge is 0.247 e. The average molecular weight is 550 g/mol. The second-order valence-corrected chi connectivity index (χ2v) is 9.68. The van der Waals surface area contributed by atoms with E-state index in [9.17, 15) is 14.0 Å². The predicted octanol–water partition coefficient (Wildman–Crippen LogP) is 6.08. The van der Waals surface area contributed by atoms with Crippen molar-refractivity contribution in [3.8, 4) is 23.0 Å². The summed E-state index contributed by atoms with van der Waals surface area (Å²) in [6, 6.07) is 13.9. The highest BCUT2D eigenvalue weighted by Gasteiger charge is 2.57. The van der Waals surface area contributed by atoms with Crippen LogP contribution in [-0.4, -0.2) is 31.0 Å². The van der Waals surface area contributed by atoms with E-state index in [1.807, 2.05) is 0 Å². The lowest BCUT2D eigenvalue weighted by Gasteiger charge is -2.28. The third-order valence-electron chi connectivity index (χ3n) is 6.83. The van der Waals surface area contributed by atoms with Gasteiger partial charge in [-0.1, -0.05) is 11.6 Å². The molecule has 0 bridgehead atoms. The van der Waals surface area contributed by atoms with E-state index >= 15 is 0 Å². The summed E-state index contributed by atoms with van der Waals surface area (Å²) in [4.78, 5) is 31.6. The number of aromatic nitrogens is 1. The van der Waals surface area contributed by atoms with Crippen molar-refractivity contribution >= 4 is 45.7 Å². The molecule has 1 aromatic heterocycles. The first kappa shape index (κ1) is 26.2. The number of halogens is 2. The van der Waals surface area contributed by atoms with Crippen LogP contribution in [0.15, 0.2) is 60.8 Å². The van der Waals surface area contributed by atoms with Crippen molar-refractivity contribution in [2.24, 2.45) is 11.1 Å². The highest BCUT2D eigenvalue weighted by molar-refractivity contribution is 6.34. The number of hydrogen-bond acceptors (Lipinski definition) is 6. The lowest BCUT2D eigenvalue weighted by atomic mass is 10.0. The second kappa shape index (κ2) is 10.1. The number of hydrogen-bond donors (Lipinski definition) is 1. The third kappa shape index (κ3) is 4.70. The molecule has 10 heteroatoms. The Balaban J connectivity index is 1.57. The van der Waals surface area contributed by atoms with Crippen LogP contribution in [0, 0.1) is 18.2 Å². The average Bonchev–Trinajstić information content (AvgIpc) is 3.74. The Morgan fingerprint density at radius 1 is 0.974 bits per heavy atom. The van der Waals surface area contributed by atoms with E-state index in [0.29, 0.717) is 63.7 Å². The Morgan fingerprint density at radius 3 is 2.26 bits per heavy atom. The van der Waals surface area contributed by atoms with Gasteiger partial charge in [0.15, 0.2) is 11.5 Å². The Bertz CT molecular complexity index is 1610. The first-order valence-corrected chi connectivity index (χ1v) is 12.4. The molecule has 0 aliphatic heterocycles. The number of amides is 2. The molecule has 1 aliphatic rings. The summed E-state index contributed by atoms with van der Waals surface area (Å²) in [6.07, 6.45) is 2.28. The van der Waals surface area contributed by atoms with Gasteiger partial charge in [0, 0.05) is 29.4 Å². The van der Waals surface area contributed by atoms with E-state index in [2.05, 4.69) is 4.98 Å². The molecule has 0 spiro atoms. The fraction of sp³-hybridized carbons (Fsp3) is 0.207. The van der Waals surface area contributed by atoms with Gasteiger partial charge in [-0.05, 0) is 67.8 Å². The van der Waals surface area contributed by atoms with Gasteiger partial charge in [-0.3, -0.25) is 19.5 Å². The third-order valence-corrected chi connectivity index (χ3v) is 7.13. The molecular formula is C29H25ClFN3O5. The van der Waals surface area contributed by atoms with Crippen LogP contribution in [0.3, 0.4) is 0 Å². The number of ether oxygens (including phenoxy) is 3. The van der Waals surface area contributed by atoms with Crippen molar-refractivity contribution in [1.29, 1.82) is 0 Å². The molecule has 3 aromatic carbocycles. The Labute approximate surface area is 229 Å². The van der Waals surface area contributed by atoms with Crippen LogP contribution in [0.4, 0.5) is 15.8 Å². The molecule has 0 unspecified atom stereocenters. The molecule has 1 fully saturated rings. The van der Waals surface area contributed by atoms with Crippen molar-refractivity contribution in [2.45, 2.75) is 19.8 Å². The van der Waals surface area contributed by atoms with Gasteiger partial charge in [-0.25, -0.2) is 4.39 Å². The molecule has 200 valence electrons. The van der Waals surface area contributed by atoms with E-state index in [1.165, 1.54) is 29.2 Å². The number of primary amides is 1. The molecule has 8 nitrogen and oxygen atoms in total. The Morgan fingerprint density at radius 2 is 1.64 bits per heavy atom. The summed E-state index contributed by atoms with van der Waals surface area (Å²) in [5.41, 5.74) is 6.23. The topological polar surface area (TPSA) is 104 Å². The zero-order valence-electron chi connectivity index (χ0n) is 21.5. The summed E-state index contributed by atoms with van der Waals surface area (Å²) in [7, 11) is 3.09. The van der Waals surface area contributed by atoms with Crippen LogP contribution >= 0.6 is 11.6 Å². The standard InChI is InChI=1S/C29H25ClFN3O5/c1-16-12-22(34(18-6-4-17(31)5-7-18)28(36)29(9-10-29)27(32)35)20(30)14-24(16)39-23-8-11-33-21-15-26(38-3)25(37-2)13-19(21)23/h4-8,11-15H,9-10H2,1-3H3,(H2,32,35). The minimum Gasteiger partial charge on any atom is -0.493 e. The maximum atomic E-state index is 13.7. The number of benzene rings is 3. The van der Waals surface area contributed by atoms with Gasteiger partial charge in [-0.15, -0.1) is 0 Å². The van der Waals surface area contributed by atoms with Crippen LogP contribution in [-0.2, 0) is 9.59 Å². The van der Waals surface area contributed by atoms with Gasteiger partial charge in [0.05, 0.1) is 30.4 Å². The van der Waals surface area contributed by atoms with Gasteiger partial charge in [0.1, 0.15) is 22.7 Å². The lowest BCUT2D eigenvalue weighted by Crippen LogP contribution is -2.41. The molecule has 2 amide bonds. The van der Waals surface area contributed by atoms with Gasteiger partial charge in [0.25, 0.3) is 0 Å². The summed E-state index contributed by atoms with van der Waals surface area (Å²) >= 11 is 6.73. The second-order valence-electron chi connectivity index (χ2n) is 9.27. The number of nitrogens with zero attached hydrogens (tertiary/aromatic N) is 2. The number of methoxy groups -OCH3 is 2. The zero-order chi connectivity index (χ0) is 27.9. The fourth-order valence-corrected chi connectivity index (χ4v) is 4.68. The molecule has 4 aromatic rings. The molecule has 0 radical (unpaired) electrons. The number of carbonyl (C=O) groups is 2. The quantitative estimate of drug-likeness (QED) is 0.267. The SMILES string of the molecule is COc1cc2nccc(Oc3cc(Cl)c(N(C(=O)C4(C(N)=O)CC4)c4ccc(F)cc4)cc3C)c2cc1OC. The summed E-state index contributed by atoms with van der Waals surface area (Å²) in [5, 5.41) is 0.876. The molecule has 1 saturated carbocycles. The molecular weight excluding hydrogens is 525 g/mol. The van der Waals surface area contributed by atoms with Crippen molar-refractivity contribution in [3.63, 3.8) is 0 Å². The van der Waals surface area contributed by atoms with E-state index in [4.69, 9.17) is 31.5 Å². The van der Waals surface area contributed by atoms with Crippen molar-refractivity contribution in [2.75, 3.05) is 19.1 Å². The predicted molar refractivity (Wildman–Crippen MR) is 146 cm³/mol. The Kier molecular flexibility index (Phi) is 6.78. The van der Waals surface area contributed by atoms with Crippen LogP contribution in [0.5, 0.6) is 23.0 Å². The zero-order valence-corrected chi connectivity index (χ0v) is 22.2. The van der Waals surface area contributed by atoms with E-state index in [0.717, 1.165) is 0 Å². The van der Waals surface area contributed by atoms with E-state index in [-0.39, 0.29) is 5.02 Å². The molecule has 0 atom stereocenters. The number of fused-ring (bicyclic) bond motifs is 1. The van der Waals surface area contributed by atoms with Gasteiger partial charge < -0.3 is 19.9 Å². The molecule has 39 heavy (non-hydrogen) atoms. The summed E-state index contributed by atoms with van der Waals surface area (Å²) < 4.78 is 30.8. The number of anilines is 2. The van der Waals surface area contributed by atoms with Crippen molar-refractivity contribution in [3.05, 3.63) is 77.2 Å². The van der Waals surface area contributed by atoms with Crippen LogP contribution in [0.25, 0.3) is 10.9 Å². The summed E-state index contributed by atoms with van der Waals surface area (Å²) in [5.74, 6) is 0.311. The largest absolute Gasteiger partial charge is 0.493 e. The summed E-state index contributed by atoms with van der Waals surface area (Å²) in [6.45, 7) is 1.80. The van der Waals surface area contributed by atoms with E-state index < -0.39 is 23.0 Å². The minimum atomic E-state index is -1.32. The van der Waals surface area contributed by atoms with Gasteiger partial charge in [0.2, 0.25) is 11.8 Å². The first-order chi connectivity index (χ1) is 18.7. The number of nitrogens with two attached hydrogens (primary N) is 1. The highest BCUT2D eigenvalue weighted by atomic mass is 35.5. The van der Waals surface area contributed by atoms with Gasteiger partial charge >= 0.3 is 0 Å². The highest BCUT2D eigenvalue weighted by Crippen LogP contribution is 2.50. The fourth-order valence-electron chi connectivity index (χ4n) is 4.44. The lowest BCUT2D eigenvalue weighted by molar-refractivity contribution is -0.133. The molecule has 5 rings (SSSR count). The number of pyridine rings is 1. The molecule has 2 N–H and O–H groups in total. The maximum Gasteiger partial charge on any atom is 0.247 e. The molecule has 0 saturated heterocycles. The number of rotatable bonds is 8. The van der Waals surface area contributed by atoms with Crippen LogP contribution < -0.4 is 24.8 Å². The van der Waals surface area contributed by atoms with Crippen LogP contribution in [0.2, 0.25) is 5.02 Å². The normalized spacial score (nSPS) is 13.6. The minimum absolute atomic E-state index is 0.186. The van der Waals surface area contributed by atoms with Crippen LogP contribution in [0.1, 0.15) is 18.4 Å². The monoisotopic (exact) mass is 549 g/mol. The first-order valence-electron chi connectivity index (χ1n) is 12.1. The van der Waals surface area contributed by atoms with Crippen molar-refractivity contribution < 1.29 is 28.2 Å². The molecule has 1 aliphatic carbocycles. The van der Waals surface area contributed by atoms with Crippen molar-refractivity contribution in [1.82, 2.24) is 4.98 Å². The number of carbonyl (C=O) groups excluding carboxylic acids is 2. The van der Waals surface area contributed by atoms with E-state index in [1.54, 1.807) is 57.7 Å².